The van der Waals surface area contributed by atoms with Gasteiger partial charge in [0.25, 0.3) is 5.56 Å². The van der Waals surface area contributed by atoms with E-state index in [-0.39, 0.29) is 11.3 Å². The van der Waals surface area contributed by atoms with Crippen LogP contribution in [0.15, 0.2) is 11.1 Å². The Kier molecular flexibility index (Phi) is 3.06. The average molecular weight is 239 g/mol. The third-order valence-electron chi connectivity index (χ3n) is 2.97. The first-order chi connectivity index (χ1) is 8.03. The first-order valence-corrected chi connectivity index (χ1v) is 5.62. The maximum absolute atomic E-state index is 11.6. The summed E-state index contributed by atoms with van der Waals surface area (Å²) in [7, 11) is 1.44. The van der Waals surface area contributed by atoms with Gasteiger partial charge in [-0.15, -0.1) is 0 Å². The topological polar surface area (TPSA) is 78.5 Å². The summed E-state index contributed by atoms with van der Waals surface area (Å²) < 4.78 is 5.07. The van der Waals surface area contributed by atoms with E-state index in [0.29, 0.717) is 12.4 Å². The molecule has 1 atom stereocenters. The van der Waals surface area contributed by atoms with E-state index in [0.717, 1.165) is 19.4 Å². The van der Waals surface area contributed by atoms with E-state index in [1.165, 1.54) is 13.4 Å². The summed E-state index contributed by atoms with van der Waals surface area (Å²) in [5.74, 6) is 0.696. The van der Waals surface area contributed by atoms with Crippen molar-refractivity contribution in [1.82, 2.24) is 9.97 Å². The molecule has 1 saturated heterocycles. The molecule has 0 aliphatic carbocycles. The van der Waals surface area contributed by atoms with Crippen LogP contribution in [0.2, 0.25) is 0 Å². The second-order valence-corrected chi connectivity index (χ2v) is 4.61. The normalized spacial score (nSPS) is 24.8. The van der Waals surface area contributed by atoms with Gasteiger partial charge in [-0.3, -0.25) is 4.79 Å². The van der Waals surface area contributed by atoms with Crippen LogP contribution in [0.3, 0.4) is 0 Å². The van der Waals surface area contributed by atoms with Crippen molar-refractivity contribution in [3.8, 4) is 5.75 Å². The van der Waals surface area contributed by atoms with Crippen LogP contribution in [0.1, 0.15) is 19.8 Å². The summed E-state index contributed by atoms with van der Waals surface area (Å²) in [6.07, 6.45) is 2.98. The number of nitrogens with zero attached hydrogens (tertiary/aromatic N) is 2. The Balaban J connectivity index is 2.34. The van der Waals surface area contributed by atoms with Gasteiger partial charge < -0.3 is 19.7 Å². The zero-order valence-corrected chi connectivity index (χ0v) is 10.1. The zero-order valence-electron chi connectivity index (χ0n) is 10.1. The van der Waals surface area contributed by atoms with Crippen molar-refractivity contribution >= 4 is 5.82 Å². The number of aromatic amines is 1. The molecule has 6 nitrogen and oxygen atoms in total. The minimum atomic E-state index is -0.743. The summed E-state index contributed by atoms with van der Waals surface area (Å²) in [5.41, 5.74) is -1.05. The number of ether oxygens (including phenoxy) is 1. The predicted molar refractivity (Wildman–Crippen MR) is 63.5 cm³/mol. The number of H-pyrrole nitrogens is 1. The number of β-amino-alcohol motifs (C(OH)–C–C–N with tert-alkyl or cyclic N) is 1. The van der Waals surface area contributed by atoms with E-state index >= 15 is 0 Å². The molecule has 0 amide bonds. The first-order valence-electron chi connectivity index (χ1n) is 5.62. The minimum absolute atomic E-state index is 0.199. The fourth-order valence-electron chi connectivity index (χ4n) is 2.19. The van der Waals surface area contributed by atoms with Crippen molar-refractivity contribution in [1.29, 1.82) is 0 Å². The van der Waals surface area contributed by atoms with Crippen LogP contribution >= 0.6 is 0 Å². The predicted octanol–water partition coefficient (Wildman–Crippen LogP) is 0.130. The van der Waals surface area contributed by atoms with Gasteiger partial charge in [-0.2, -0.15) is 0 Å². The molecule has 94 valence electrons. The molecule has 0 aromatic carbocycles. The van der Waals surface area contributed by atoms with Crippen molar-refractivity contribution in [3.63, 3.8) is 0 Å². The molecular weight excluding hydrogens is 222 g/mol. The zero-order chi connectivity index (χ0) is 12.5. The molecular formula is C11H17N3O3. The average Bonchev–Trinajstić information content (AvgIpc) is 2.27. The highest BCUT2D eigenvalue weighted by Gasteiger charge is 2.30. The standard InChI is InChI=1S/C11H17N3O3/c1-11(16)4-3-5-14(6-11)9-8(17-2)10(15)13-7-12-9/h7,16H,3-6H2,1-2H3,(H,12,13,15). The van der Waals surface area contributed by atoms with E-state index in [1.807, 2.05) is 4.90 Å². The van der Waals surface area contributed by atoms with Gasteiger partial charge in [-0.1, -0.05) is 0 Å². The third kappa shape index (κ3) is 2.41. The highest BCUT2D eigenvalue weighted by atomic mass is 16.5. The monoisotopic (exact) mass is 239 g/mol. The largest absolute Gasteiger partial charge is 0.489 e. The first kappa shape index (κ1) is 11.9. The Morgan fingerprint density at radius 1 is 1.65 bits per heavy atom. The van der Waals surface area contributed by atoms with Crippen LogP contribution in [-0.4, -0.2) is 40.9 Å². The summed E-state index contributed by atoms with van der Waals surface area (Å²) in [5, 5.41) is 10.0. The molecule has 17 heavy (non-hydrogen) atoms. The van der Waals surface area contributed by atoms with Gasteiger partial charge in [0.1, 0.15) is 0 Å². The van der Waals surface area contributed by atoms with Crippen molar-refractivity contribution in [2.24, 2.45) is 0 Å². The van der Waals surface area contributed by atoms with E-state index in [1.54, 1.807) is 6.92 Å². The van der Waals surface area contributed by atoms with Crippen LogP contribution < -0.4 is 15.2 Å². The lowest BCUT2D eigenvalue weighted by Crippen LogP contribution is -2.46. The second-order valence-electron chi connectivity index (χ2n) is 4.61. The van der Waals surface area contributed by atoms with Crippen LogP contribution in [0.5, 0.6) is 5.75 Å². The van der Waals surface area contributed by atoms with Crippen molar-refractivity contribution in [2.45, 2.75) is 25.4 Å². The fourth-order valence-corrected chi connectivity index (χ4v) is 2.19. The molecule has 1 aliphatic rings. The minimum Gasteiger partial charge on any atom is -0.489 e. The lowest BCUT2D eigenvalue weighted by molar-refractivity contribution is 0.0445. The smallest absolute Gasteiger partial charge is 0.295 e. The Morgan fingerprint density at radius 3 is 3.06 bits per heavy atom. The van der Waals surface area contributed by atoms with E-state index in [2.05, 4.69) is 9.97 Å². The summed E-state index contributed by atoms with van der Waals surface area (Å²) in [6.45, 7) is 3.02. The third-order valence-corrected chi connectivity index (χ3v) is 2.97. The molecule has 2 heterocycles. The lowest BCUT2D eigenvalue weighted by atomic mass is 9.95. The van der Waals surface area contributed by atoms with Crippen molar-refractivity contribution in [3.05, 3.63) is 16.7 Å². The Morgan fingerprint density at radius 2 is 2.41 bits per heavy atom. The molecule has 0 radical (unpaired) electrons. The number of methoxy groups -OCH3 is 1. The quantitative estimate of drug-likeness (QED) is 0.767. The number of piperidine rings is 1. The van der Waals surface area contributed by atoms with Gasteiger partial charge in [-0.05, 0) is 19.8 Å². The van der Waals surface area contributed by atoms with Crippen LogP contribution in [0.4, 0.5) is 5.82 Å². The number of anilines is 1. The molecule has 2 N–H and O–H groups in total. The number of aromatic nitrogens is 2. The number of hydrogen-bond acceptors (Lipinski definition) is 5. The fraction of sp³-hybridized carbons (Fsp3) is 0.636. The molecule has 0 spiro atoms. The Labute approximate surface area is 99.2 Å². The van der Waals surface area contributed by atoms with Crippen LogP contribution in [0.25, 0.3) is 0 Å². The molecule has 2 rings (SSSR count). The van der Waals surface area contributed by atoms with Gasteiger partial charge in [-0.25, -0.2) is 4.98 Å². The van der Waals surface area contributed by atoms with Gasteiger partial charge >= 0.3 is 0 Å². The van der Waals surface area contributed by atoms with Crippen molar-refractivity contribution < 1.29 is 9.84 Å². The highest BCUT2D eigenvalue weighted by molar-refractivity contribution is 5.51. The molecule has 0 saturated carbocycles. The summed E-state index contributed by atoms with van der Waals surface area (Å²) in [6, 6.07) is 0. The molecule has 1 aromatic rings. The maximum atomic E-state index is 11.6. The van der Waals surface area contributed by atoms with Gasteiger partial charge in [0.2, 0.25) is 5.75 Å². The van der Waals surface area contributed by atoms with Gasteiger partial charge in [0.15, 0.2) is 5.82 Å². The lowest BCUT2D eigenvalue weighted by Gasteiger charge is -2.37. The summed E-state index contributed by atoms with van der Waals surface area (Å²) >= 11 is 0. The van der Waals surface area contributed by atoms with Crippen LogP contribution in [-0.2, 0) is 0 Å². The maximum Gasteiger partial charge on any atom is 0.295 e. The van der Waals surface area contributed by atoms with E-state index in [9.17, 15) is 9.90 Å². The highest BCUT2D eigenvalue weighted by Crippen LogP contribution is 2.28. The summed E-state index contributed by atoms with van der Waals surface area (Å²) in [4.78, 5) is 20.1. The van der Waals surface area contributed by atoms with E-state index in [4.69, 9.17) is 4.74 Å². The molecule has 1 fully saturated rings. The van der Waals surface area contributed by atoms with Crippen LogP contribution in [0, 0.1) is 0 Å². The number of nitrogens with one attached hydrogen (secondary N) is 1. The molecule has 1 aliphatic heterocycles. The molecule has 1 aromatic heterocycles. The molecule has 6 heteroatoms. The molecule has 1 unspecified atom stereocenters. The Bertz CT molecular complexity index is 456. The SMILES string of the molecule is COc1c(N2CCCC(C)(O)C2)nc[nH]c1=O. The Hall–Kier alpha value is -1.56. The molecule has 0 bridgehead atoms. The van der Waals surface area contributed by atoms with E-state index < -0.39 is 5.60 Å². The second kappa shape index (κ2) is 4.37. The number of hydrogen-bond donors (Lipinski definition) is 2. The number of rotatable bonds is 2. The van der Waals surface area contributed by atoms with Gasteiger partial charge in [0, 0.05) is 13.1 Å². The van der Waals surface area contributed by atoms with Crippen molar-refractivity contribution in [2.75, 3.05) is 25.1 Å². The van der Waals surface area contributed by atoms with Gasteiger partial charge in [0.05, 0.1) is 19.0 Å². The number of aliphatic hydroxyl groups is 1.